The normalized spacial score (nSPS) is 10.6. The van der Waals surface area contributed by atoms with Crippen molar-refractivity contribution in [2.24, 2.45) is 5.10 Å². The van der Waals surface area contributed by atoms with Crippen LogP contribution in [-0.4, -0.2) is 18.1 Å². The van der Waals surface area contributed by atoms with Gasteiger partial charge in [-0.15, -0.1) is 11.3 Å². The summed E-state index contributed by atoms with van der Waals surface area (Å²) in [5.41, 5.74) is 9.82. The molecule has 6 nitrogen and oxygen atoms in total. The third kappa shape index (κ3) is 4.55. The van der Waals surface area contributed by atoms with Crippen molar-refractivity contribution in [2.75, 3.05) is 5.73 Å². The summed E-state index contributed by atoms with van der Waals surface area (Å²) in [6.07, 6.45) is 1.50. The number of hydrogen-bond donors (Lipinski definition) is 2. The average Bonchev–Trinajstić information content (AvgIpc) is 3.18. The highest BCUT2D eigenvalue weighted by Gasteiger charge is 2.09. The fourth-order valence-corrected chi connectivity index (χ4v) is 2.64. The minimum Gasteiger partial charge on any atom is -0.422 e. The number of nitrogens with one attached hydrogen (secondary N) is 1. The number of nitrogens with zero attached hydrogens (tertiary/aromatic N) is 1. The van der Waals surface area contributed by atoms with E-state index in [1.807, 2.05) is 5.38 Å². The summed E-state index contributed by atoms with van der Waals surface area (Å²) >= 11 is 1.32. The quantitative estimate of drug-likeness (QED) is 0.238. The lowest BCUT2D eigenvalue weighted by Gasteiger charge is -2.03. The predicted octanol–water partition coefficient (Wildman–Crippen LogP) is 3.31. The molecule has 26 heavy (non-hydrogen) atoms. The van der Waals surface area contributed by atoms with Gasteiger partial charge in [-0.1, -0.05) is 6.07 Å². The van der Waals surface area contributed by atoms with Crippen LogP contribution in [0.2, 0.25) is 0 Å². The number of esters is 1. The average molecular weight is 365 g/mol. The Kier molecular flexibility index (Phi) is 5.40. The molecule has 0 spiro atoms. The van der Waals surface area contributed by atoms with Gasteiger partial charge in [-0.05, 0) is 65.5 Å². The summed E-state index contributed by atoms with van der Waals surface area (Å²) in [7, 11) is 0. The van der Waals surface area contributed by atoms with E-state index < -0.39 is 5.97 Å². The van der Waals surface area contributed by atoms with E-state index in [2.05, 4.69) is 10.5 Å². The molecule has 130 valence electrons. The highest BCUT2D eigenvalue weighted by atomic mass is 32.1. The first-order valence-corrected chi connectivity index (χ1v) is 8.54. The number of nitrogens with two attached hydrogens (primary N) is 1. The Morgan fingerprint density at radius 2 is 1.77 bits per heavy atom. The van der Waals surface area contributed by atoms with E-state index in [4.69, 9.17) is 10.5 Å². The predicted molar refractivity (Wildman–Crippen MR) is 102 cm³/mol. The van der Waals surface area contributed by atoms with Crippen molar-refractivity contribution in [1.82, 2.24) is 5.43 Å². The van der Waals surface area contributed by atoms with Crippen LogP contribution in [0.15, 0.2) is 71.1 Å². The summed E-state index contributed by atoms with van der Waals surface area (Å²) in [6, 6.07) is 16.8. The van der Waals surface area contributed by atoms with Crippen molar-refractivity contribution in [3.8, 4) is 5.75 Å². The van der Waals surface area contributed by atoms with Crippen LogP contribution in [0, 0.1) is 0 Å². The third-order valence-corrected chi connectivity index (χ3v) is 4.22. The summed E-state index contributed by atoms with van der Waals surface area (Å²) in [4.78, 5) is 24.3. The van der Waals surface area contributed by atoms with E-state index in [-0.39, 0.29) is 5.91 Å². The number of nitrogen functional groups attached to an aromatic ring is 1. The number of thiophene rings is 1. The van der Waals surface area contributed by atoms with Crippen LogP contribution < -0.4 is 15.9 Å². The third-order valence-electron chi connectivity index (χ3n) is 3.37. The molecule has 0 atom stereocenters. The van der Waals surface area contributed by atoms with Crippen LogP contribution >= 0.6 is 11.3 Å². The second-order valence-electron chi connectivity index (χ2n) is 5.26. The number of ether oxygens (including phenoxy) is 1. The molecule has 1 amide bonds. The van der Waals surface area contributed by atoms with Crippen LogP contribution in [0.5, 0.6) is 5.75 Å². The van der Waals surface area contributed by atoms with E-state index in [1.165, 1.54) is 17.6 Å². The Balaban J connectivity index is 1.55. The van der Waals surface area contributed by atoms with Gasteiger partial charge in [-0.2, -0.15) is 5.10 Å². The minimum absolute atomic E-state index is 0.331. The number of anilines is 1. The van der Waals surface area contributed by atoms with Crippen LogP contribution in [0.3, 0.4) is 0 Å². The van der Waals surface area contributed by atoms with Gasteiger partial charge in [0.2, 0.25) is 0 Å². The molecule has 3 aromatic rings. The van der Waals surface area contributed by atoms with Gasteiger partial charge in [0.1, 0.15) is 10.6 Å². The molecule has 1 heterocycles. The van der Waals surface area contributed by atoms with Crippen molar-refractivity contribution >= 4 is 35.1 Å². The molecule has 0 unspecified atom stereocenters. The molecule has 2 aromatic carbocycles. The molecule has 0 aliphatic carbocycles. The maximum atomic E-state index is 11.9. The molecule has 0 aliphatic heterocycles. The first kappa shape index (κ1) is 17.4. The van der Waals surface area contributed by atoms with E-state index in [1.54, 1.807) is 60.7 Å². The molecule has 0 saturated heterocycles. The van der Waals surface area contributed by atoms with Crippen molar-refractivity contribution < 1.29 is 14.3 Å². The monoisotopic (exact) mass is 365 g/mol. The maximum Gasteiger partial charge on any atom is 0.353 e. The molecule has 0 bridgehead atoms. The Hall–Kier alpha value is -3.45. The summed E-state index contributed by atoms with van der Waals surface area (Å²) < 4.78 is 5.27. The van der Waals surface area contributed by atoms with Gasteiger partial charge in [-0.3, -0.25) is 4.79 Å². The minimum atomic E-state index is -0.392. The summed E-state index contributed by atoms with van der Waals surface area (Å²) in [5, 5.41) is 5.72. The number of hydrogen-bond acceptors (Lipinski definition) is 6. The standard InChI is InChI=1S/C19H15N3O3S/c20-15-7-5-14(6-8-15)18(23)22-21-12-13-3-9-16(10-4-13)25-19(24)17-2-1-11-26-17/h1-12H,20H2,(H,22,23)/b21-12-. The fourth-order valence-electron chi connectivity index (χ4n) is 2.04. The van der Waals surface area contributed by atoms with Gasteiger partial charge < -0.3 is 10.5 Å². The van der Waals surface area contributed by atoms with Gasteiger partial charge in [0.05, 0.1) is 6.21 Å². The van der Waals surface area contributed by atoms with E-state index in [0.717, 1.165) is 5.56 Å². The number of benzene rings is 2. The lowest BCUT2D eigenvalue weighted by atomic mass is 10.2. The smallest absolute Gasteiger partial charge is 0.353 e. The van der Waals surface area contributed by atoms with Crippen molar-refractivity contribution in [3.05, 3.63) is 82.0 Å². The van der Waals surface area contributed by atoms with Crippen LogP contribution in [-0.2, 0) is 0 Å². The van der Waals surface area contributed by atoms with Crippen molar-refractivity contribution in [2.45, 2.75) is 0 Å². The summed E-state index contributed by atoms with van der Waals surface area (Å²) in [6.45, 7) is 0. The van der Waals surface area contributed by atoms with Gasteiger partial charge in [0, 0.05) is 11.3 Å². The van der Waals surface area contributed by atoms with E-state index in [9.17, 15) is 9.59 Å². The van der Waals surface area contributed by atoms with Crippen molar-refractivity contribution in [1.29, 1.82) is 0 Å². The molecular formula is C19H15N3O3S. The SMILES string of the molecule is Nc1ccc(C(=O)N/N=C\c2ccc(OC(=O)c3cccs3)cc2)cc1. The maximum absolute atomic E-state index is 11.9. The summed E-state index contributed by atoms with van der Waals surface area (Å²) in [5.74, 6) is -0.286. The van der Waals surface area contributed by atoms with Crippen molar-refractivity contribution in [3.63, 3.8) is 0 Å². The number of carbonyl (C=O) groups is 2. The molecule has 0 radical (unpaired) electrons. The van der Waals surface area contributed by atoms with Gasteiger partial charge in [0.25, 0.3) is 5.91 Å². The number of amides is 1. The Morgan fingerprint density at radius 3 is 2.42 bits per heavy atom. The first-order chi connectivity index (χ1) is 12.6. The highest BCUT2D eigenvalue weighted by molar-refractivity contribution is 7.12. The Morgan fingerprint density at radius 1 is 1.04 bits per heavy atom. The highest BCUT2D eigenvalue weighted by Crippen LogP contribution is 2.16. The first-order valence-electron chi connectivity index (χ1n) is 7.66. The fraction of sp³-hybridized carbons (Fsp3) is 0. The van der Waals surface area contributed by atoms with Crippen LogP contribution in [0.25, 0.3) is 0 Å². The molecule has 0 saturated carbocycles. The number of carbonyl (C=O) groups excluding carboxylic acids is 2. The Bertz CT molecular complexity index is 918. The molecule has 0 fully saturated rings. The molecule has 3 N–H and O–H groups in total. The number of hydrazone groups is 1. The molecule has 0 aliphatic rings. The second kappa shape index (κ2) is 8.09. The van der Waals surface area contributed by atoms with Gasteiger partial charge in [-0.25, -0.2) is 10.2 Å². The molecule has 1 aromatic heterocycles. The molecule has 3 rings (SSSR count). The van der Waals surface area contributed by atoms with E-state index in [0.29, 0.717) is 21.9 Å². The zero-order chi connectivity index (χ0) is 18.4. The molecule has 7 heteroatoms. The number of rotatable bonds is 5. The molecular weight excluding hydrogens is 350 g/mol. The van der Waals surface area contributed by atoms with Gasteiger partial charge >= 0.3 is 5.97 Å². The van der Waals surface area contributed by atoms with Crippen LogP contribution in [0.1, 0.15) is 25.6 Å². The largest absolute Gasteiger partial charge is 0.422 e. The van der Waals surface area contributed by atoms with E-state index >= 15 is 0 Å². The lowest BCUT2D eigenvalue weighted by molar-refractivity contribution is 0.0739. The Labute approximate surface area is 153 Å². The topological polar surface area (TPSA) is 93.8 Å². The second-order valence-corrected chi connectivity index (χ2v) is 6.20. The zero-order valence-electron chi connectivity index (χ0n) is 13.6. The zero-order valence-corrected chi connectivity index (χ0v) is 14.4. The lowest BCUT2D eigenvalue weighted by Crippen LogP contribution is -2.17. The van der Waals surface area contributed by atoms with Crippen LogP contribution in [0.4, 0.5) is 5.69 Å². The van der Waals surface area contributed by atoms with Gasteiger partial charge in [0.15, 0.2) is 0 Å².